The molecule has 0 saturated carbocycles. The van der Waals surface area contributed by atoms with Crippen LogP contribution in [0.25, 0.3) is 0 Å². The van der Waals surface area contributed by atoms with E-state index in [0.29, 0.717) is 34.3 Å². The number of halogens is 2. The molecule has 7 heteroatoms. The van der Waals surface area contributed by atoms with Crippen LogP contribution in [0.15, 0.2) is 24.5 Å². The maximum Gasteiger partial charge on any atom is 0.137 e. The van der Waals surface area contributed by atoms with Crippen molar-refractivity contribution in [3.05, 3.63) is 46.0 Å². The molecule has 1 heterocycles. The summed E-state index contributed by atoms with van der Waals surface area (Å²) in [5.74, 6) is 0.509. The number of rotatable bonds is 6. The molecule has 2 rings (SSSR count). The number of H-pyrrole nitrogens is 1. The van der Waals surface area contributed by atoms with Crippen molar-refractivity contribution >= 4 is 23.2 Å². The van der Waals surface area contributed by atoms with Gasteiger partial charge in [-0.25, -0.2) is 4.98 Å². The van der Waals surface area contributed by atoms with E-state index < -0.39 is 11.7 Å². The van der Waals surface area contributed by atoms with Gasteiger partial charge in [0.05, 0.1) is 0 Å². The number of nitrogens with one attached hydrogen (secondary N) is 1. The third-order valence-corrected chi connectivity index (χ3v) is 3.95. The van der Waals surface area contributed by atoms with Crippen molar-refractivity contribution < 1.29 is 10.2 Å². The molecular formula is C14H17Cl2N3O2. The minimum atomic E-state index is -1.38. The second-order valence-corrected chi connectivity index (χ2v) is 5.87. The van der Waals surface area contributed by atoms with Gasteiger partial charge >= 0.3 is 0 Å². The van der Waals surface area contributed by atoms with E-state index in [2.05, 4.69) is 15.2 Å². The highest BCUT2D eigenvalue weighted by molar-refractivity contribution is 6.35. The molecule has 0 saturated heterocycles. The molecule has 1 aromatic heterocycles. The second kappa shape index (κ2) is 6.75. The number of hydrogen-bond donors (Lipinski definition) is 3. The van der Waals surface area contributed by atoms with Gasteiger partial charge in [-0.15, -0.1) is 0 Å². The first kappa shape index (κ1) is 16.2. The van der Waals surface area contributed by atoms with E-state index >= 15 is 0 Å². The lowest BCUT2D eigenvalue weighted by atomic mass is 9.84. The van der Waals surface area contributed by atoms with Gasteiger partial charge in [0.25, 0.3) is 0 Å². The summed E-state index contributed by atoms with van der Waals surface area (Å²) in [7, 11) is 0. The molecule has 0 bridgehead atoms. The van der Waals surface area contributed by atoms with Crippen LogP contribution in [0.1, 0.15) is 37.3 Å². The number of hydrogen-bond acceptors (Lipinski definition) is 4. The van der Waals surface area contributed by atoms with Crippen LogP contribution in [0.2, 0.25) is 10.0 Å². The van der Waals surface area contributed by atoms with E-state index in [1.165, 1.54) is 6.33 Å². The number of aliphatic hydroxyl groups is 2. The minimum Gasteiger partial charge on any atom is -0.386 e. The normalized spacial score (nSPS) is 15.7. The Kier molecular flexibility index (Phi) is 5.22. The van der Waals surface area contributed by atoms with Gasteiger partial charge in [-0.05, 0) is 18.6 Å². The van der Waals surface area contributed by atoms with Gasteiger partial charge in [0.15, 0.2) is 0 Å². The van der Waals surface area contributed by atoms with Crippen molar-refractivity contribution in [3.8, 4) is 0 Å². The molecule has 21 heavy (non-hydrogen) atoms. The first-order chi connectivity index (χ1) is 9.96. The van der Waals surface area contributed by atoms with Crippen molar-refractivity contribution in [1.29, 1.82) is 0 Å². The number of nitrogens with zero attached hydrogens (tertiary/aromatic N) is 2. The molecule has 0 spiro atoms. The zero-order valence-electron chi connectivity index (χ0n) is 11.6. The first-order valence-electron chi connectivity index (χ1n) is 6.66. The molecule has 0 aliphatic carbocycles. The van der Waals surface area contributed by atoms with E-state index in [9.17, 15) is 10.2 Å². The topological polar surface area (TPSA) is 82.0 Å². The Morgan fingerprint density at radius 1 is 1.38 bits per heavy atom. The standard InChI is InChI=1S/C14H17Cl2N3O2/c1-2-5-14(21,7-12-17-8-18-19-12)13(20)10-4-3-9(15)6-11(10)16/h3-4,6,8,13,20-21H,2,5,7H2,1H3,(H,17,18,19). The summed E-state index contributed by atoms with van der Waals surface area (Å²) in [6, 6.07) is 4.80. The fourth-order valence-electron chi connectivity index (χ4n) is 2.37. The Morgan fingerprint density at radius 3 is 2.71 bits per heavy atom. The van der Waals surface area contributed by atoms with E-state index in [-0.39, 0.29) is 6.42 Å². The largest absolute Gasteiger partial charge is 0.386 e. The third kappa shape index (κ3) is 3.74. The number of aliphatic hydroxyl groups excluding tert-OH is 1. The van der Waals surface area contributed by atoms with Crippen LogP contribution in [0.4, 0.5) is 0 Å². The average Bonchev–Trinajstić information content (AvgIpc) is 2.91. The van der Waals surface area contributed by atoms with Gasteiger partial charge in [-0.3, -0.25) is 5.10 Å². The predicted molar refractivity (Wildman–Crippen MR) is 81.4 cm³/mol. The van der Waals surface area contributed by atoms with Crippen molar-refractivity contribution in [2.75, 3.05) is 0 Å². The zero-order chi connectivity index (χ0) is 15.5. The predicted octanol–water partition coefficient (Wildman–Crippen LogP) is 2.92. The number of aromatic nitrogens is 3. The zero-order valence-corrected chi connectivity index (χ0v) is 13.1. The van der Waals surface area contributed by atoms with Crippen LogP contribution in [-0.2, 0) is 6.42 Å². The summed E-state index contributed by atoms with van der Waals surface area (Å²) >= 11 is 12.0. The Labute approximate surface area is 132 Å². The van der Waals surface area contributed by atoms with Crippen molar-refractivity contribution in [2.45, 2.75) is 37.9 Å². The van der Waals surface area contributed by atoms with Crippen LogP contribution in [0, 0.1) is 0 Å². The van der Waals surface area contributed by atoms with E-state index in [1.807, 2.05) is 6.92 Å². The van der Waals surface area contributed by atoms with E-state index in [4.69, 9.17) is 23.2 Å². The first-order valence-corrected chi connectivity index (χ1v) is 7.41. The molecule has 0 radical (unpaired) electrons. The molecule has 2 aromatic rings. The van der Waals surface area contributed by atoms with Crippen LogP contribution < -0.4 is 0 Å². The summed E-state index contributed by atoms with van der Waals surface area (Å²) in [5.41, 5.74) is -0.942. The van der Waals surface area contributed by atoms with Crippen LogP contribution in [0.3, 0.4) is 0 Å². The smallest absolute Gasteiger partial charge is 0.137 e. The summed E-state index contributed by atoms with van der Waals surface area (Å²) < 4.78 is 0. The molecule has 2 unspecified atom stereocenters. The SMILES string of the molecule is CCCC(O)(Cc1ncn[nH]1)C(O)c1ccc(Cl)cc1Cl. The van der Waals surface area contributed by atoms with Crippen LogP contribution in [0.5, 0.6) is 0 Å². The molecule has 3 N–H and O–H groups in total. The lowest BCUT2D eigenvalue weighted by Gasteiger charge is -2.33. The van der Waals surface area contributed by atoms with Crippen LogP contribution >= 0.6 is 23.2 Å². The van der Waals surface area contributed by atoms with Gasteiger partial charge in [0.2, 0.25) is 0 Å². The van der Waals surface area contributed by atoms with Crippen molar-refractivity contribution in [1.82, 2.24) is 15.2 Å². The van der Waals surface area contributed by atoms with Gasteiger partial charge in [0.1, 0.15) is 23.9 Å². The second-order valence-electron chi connectivity index (χ2n) is 5.03. The van der Waals surface area contributed by atoms with Crippen LogP contribution in [-0.4, -0.2) is 31.0 Å². The summed E-state index contributed by atoms with van der Waals surface area (Å²) in [4.78, 5) is 4.00. The Bertz CT molecular complexity index is 592. The molecular weight excluding hydrogens is 313 g/mol. The molecule has 0 amide bonds. The molecule has 114 valence electrons. The Hall–Kier alpha value is -1.14. The molecule has 0 aliphatic heterocycles. The summed E-state index contributed by atoms with van der Waals surface area (Å²) in [6.45, 7) is 1.93. The summed E-state index contributed by atoms with van der Waals surface area (Å²) in [5, 5.41) is 28.7. The maximum atomic E-state index is 10.9. The molecule has 2 atom stereocenters. The highest BCUT2D eigenvalue weighted by atomic mass is 35.5. The molecule has 0 fully saturated rings. The van der Waals surface area contributed by atoms with Gasteiger partial charge in [-0.2, -0.15) is 5.10 Å². The molecule has 5 nitrogen and oxygen atoms in total. The highest BCUT2D eigenvalue weighted by Gasteiger charge is 2.38. The van der Waals surface area contributed by atoms with Gasteiger partial charge in [-0.1, -0.05) is 42.6 Å². The molecule has 1 aromatic carbocycles. The van der Waals surface area contributed by atoms with E-state index in [1.54, 1.807) is 18.2 Å². The Balaban J connectivity index is 2.31. The number of benzene rings is 1. The minimum absolute atomic E-state index is 0.154. The quantitative estimate of drug-likeness (QED) is 0.761. The molecule has 0 aliphatic rings. The summed E-state index contributed by atoms with van der Waals surface area (Å²) in [6.07, 6.45) is 1.47. The Morgan fingerprint density at radius 2 is 2.14 bits per heavy atom. The van der Waals surface area contributed by atoms with Crippen molar-refractivity contribution in [3.63, 3.8) is 0 Å². The third-order valence-electron chi connectivity index (χ3n) is 3.39. The fourth-order valence-corrected chi connectivity index (χ4v) is 2.89. The van der Waals surface area contributed by atoms with E-state index in [0.717, 1.165) is 0 Å². The average molecular weight is 330 g/mol. The fraction of sp³-hybridized carbons (Fsp3) is 0.429. The lowest BCUT2D eigenvalue weighted by Crippen LogP contribution is -2.39. The maximum absolute atomic E-state index is 10.9. The number of aromatic amines is 1. The van der Waals surface area contributed by atoms with Crippen molar-refractivity contribution in [2.24, 2.45) is 0 Å². The monoisotopic (exact) mass is 329 g/mol. The highest BCUT2D eigenvalue weighted by Crippen LogP contribution is 2.36. The lowest BCUT2D eigenvalue weighted by molar-refractivity contribution is -0.0838. The van der Waals surface area contributed by atoms with Gasteiger partial charge < -0.3 is 10.2 Å². The van der Waals surface area contributed by atoms with Gasteiger partial charge in [0, 0.05) is 22.0 Å².